The summed E-state index contributed by atoms with van der Waals surface area (Å²) in [6, 6.07) is 13.9. The molecule has 154 valence electrons. The summed E-state index contributed by atoms with van der Waals surface area (Å²) in [5.41, 5.74) is 4.07. The minimum atomic E-state index is -4.59. The van der Waals surface area contributed by atoms with Crippen molar-refractivity contribution in [3.8, 4) is 11.6 Å². The van der Waals surface area contributed by atoms with Crippen LogP contribution in [-0.4, -0.2) is 16.8 Å². The quantitative estimate of drug-likeness (QED) is 0.624. The average Bonchev–Trinajstić information content (AvgIpc) is 2.73. The van der Waals surface area contributed by atoms with Gasteiger partial charge in [0.15, 0.2) is 0 Å². The minimum absolute atomic E-state index is 0.00664. The summed E-state index contributed by atoms with van der Waals surface area (Å²) in [5.74, 6) is -1.18. The van der Waals surface area contributed by atoms with Gasteiger partial charge in [0, 0.05) is 11.8 Å². The second-order valence-electron chi connectivity index (χ2n) is 6.26. The second-order valence-corrected chi connectivity index (χ2v) is 6.26. The fraction of sp³-hybridized carbons (Fsp3) is 0.0952. The molecular weight excluding hydrogens is 399 g/mol. The van der Waals surface area contributed by atoms with Crippen LogP contribution in [0.5, 0.6) is 11.6 Å². The number of halogens is 3. The summed E-state index contributed by atoms with van der Waals surface area (Å²) < 4.78 is 44.0. The zero-order valence-electron chi connectivity index (χ0n) is 15.7. The molecule has 9 heteroatoms. The van der Waals surface area contributed by atoms with Crippen LogP contribution in [0.4, 0.5) is 13.2 Å². The molecule has 2 aromatic carbocycles. The Kier molecular flexibility index (Phi) is 6.01. The Hall–Kier alpha value is -3.88. The molecule has 2 N–H and O–H groups in total. The van der Waals surface area contributed by atoms with Crippen LogP contribution in [0, 0.1) is 6.92 Å². The van der Waals surface area contributed by atoms with E-state index in [1.165, 1.54) is 24.4 Å². The van der Waals surface area contributed by atoms with Crippen LogP contribution in [0.15, 0.2) is 66.9 Å². The standard InChI is InChI=1S/C21H16F3N3O3/c1-13-7-9-16(10-8-13)30-20-17(6-3-11-25-20)19(29)27-26-18(28)14-4-2-5-15(12-14)21(22,23)24/h2-12H,1H3,(H,26,28)(H,27,29). The first kappa shape index (κ1) is 20.8. The number of aryl methyl sites for hydroxylation is 1. The first-order chi connectivity index (χ1) is 14.2. The number of hydrogen-bond acceptors (Lipinski definition) is 4. The highest BCUT2D eigenvalue weighted by Gasteiger charge is 2.31. The molecule has 30 heavy (non-hydrogen) atoms. The molecule has 0 atom stereocenters. The maximum atomic E-state index is 12.8. The van der Waals surface area contributed by atoms with E-state index >= 15 is 0 Å². The van der Waals surface area contributed by atoms with Gasteiger partial charge in [0.1, 0.15) is 11.3 Å². The van der Waals surface area contributed by atoms with Crippen molar-refractivity contribution in [2.24, 2.45) is 0 Å². The Morgan fingerprint density at radius 1 is 0.933 bits per heavy atom. The third-order valence-electron chi connectivity index (χ3n) is 3.99. The van der Waals surface area contributed by atoms with Gasteiger partial charge in [-0.3, -0.25) is 20.4 Å². The highest BCUT2D eigenvalue weighted by molar-refractivity contribution is 6.00. The topological polar surface area (TPSA) is 80.3 Å². The molecule has 3 rings (SSSR count). The summed E-state index contributed by atoms with van der Waals surface area (Å²) in [4.78, 5) is 28.6. The largest absolute Gasteiger partial charge is 0.438 e. The van der Waals surface area contributed by atoms with Gasteiger partial charge >= 0.3 is 6.18 Å². The maximum absolute atomic E-state index is 12.8. The van der Waals surface area contributed by atoms with Crippen LogP contribution >= 0.6 is 0 Å². The molecule has 0 fully saturated rings. The van der Waals surface area contributed by atoms with Gasteiger partial charge in [-0.2, -0.15) is 13.2 Å². The van der Waals surface area contributed by atoms with Crippen LogP contribution in [0.1, 0.15) is 31.8 Å². The van der Waals surface area contributed by atoms with E-state index in [0.29, 0.717) is 11.8 Å². The number of amides is 2. The van der Waals surface area contributed by atoms with E-state index in [4.69, 9.17) is 4.74 Å². The van der Waals surface area contributed by atoms with Gasteiger partial charge in [0.25, 0.3) is 11.8 Å². The Morgan fingerprint density at radius 2 is 1.63 bits per heavy atom. The first-order valence-electron chi connectivity index (χ1n) is 8.71. The molecule has 0 saturated heterocycles. The summed E-state index contributed by atoms with van der Waals surface area (Å²) >= 11 is 0. The summed E-state index contributed by atoms with van der Waals surface area (Å²) in [6.45, 7) is 1.91. The number of carbonyl (C=O) groups is 2. The van der Waals surface area contributed by atoms with Gasteiger partial charge in [0.2, 0.25) is 5.88 Å². The molecule has 0 radical (unpaired) electrons. The van der Waals surface area contributed by atoms with Gasteiger partial charge in [-0.15, -0.1) is 0 Å². The van der Waals surface area contributed by atoms with Crippen LogP contribution in [0.25, 0.3) is 0 Å². The molecule has 6 nitrogen and oxygen atoms in total. The highest BCUT2D eigenvalue weighted by atomic mass is 19.4. The first-order valence-corrected chi connectivity index (χ1v) is 8.71. The van der Waals surface area contributed by atoms with Gasteiger partial charge < -0.3 is 4.74 Å². The predicted octanol–water partition coefficient (Wildman–Crippen LogP) is 4.28. The van der Waals surface area contributed by atoms with Crippen molar-refractivity contribution in [1.82, 2.24) is 15.8 Å². The van der Waals surface area contributed by atoms with Crippen LogP contribution in [0.2, 0.25) is 0 Å². The number of benzene rings is 2. The lowest BCUT2D eigenvalue weighted by molar-refractivity contribution is -0.137. The molecule has 0 saturated carbocycles. The number of nitrogens with one attached hydrogen (secondary N) is 2. The van der Waals surface area contributed by atoms with E-state index in [2.05, 4.69) is 15.8 Å². The lowest BCUT2D eigenvalue weighted by Crippen LogP contribution is -2.41. The SMILES string of the molecule is Cc1ccc(Oc2ncccc2C(=O)NNC(=O)c2cccc(C(F)(F)F)c2)cc1. The van der Waals surface area contributed by atoms with Crippen LogP contribution < -0.4 is 15.6 Å². The Balaban J connectivity index is 1.69. The van der Waals surface area contributed by atoms with Crippen molar-refractivity contribution in [1.29, 1.82) is 0 Å². The monoisotopic (exact) mass is 415 g/mol. The molecular formula is C21H16F3N3O3. The Morgan fingerprint density at radius 3 is 2.33 bits per heavy atom. The number of alkyl halides is 3. The minimum Gasteiger partial charge on any atom is -0.438 e. The van der Waals surface area contributed by atoms with Gasteiger partial charge in [0.05, 0.1) is 5.56 Å². The molecule has 0 bridgehead atoms. The number of rotatable bonds is 4. The highest BCUT2D eigenvalue weighted by Crippen LogP contribution is 2.29. The fourth-order valence-corrected chi connectivity index (χ4v) is 2.45. The van der Waals surface area contributed by atoms with E-state index in [-0.39, 0.29) is 17.0 Å². The normalized spacial score (nSPS) is 10.9. The lowest BCUT2D eigenvalue weighted by Gasteiger charge is -2.12. The van der Waals surface area contributed by atoms with E-state index in [1.54, 1.807) is 12.1 Å². The van der Waals surface area contributed by atoms with Gasteiger partial charge in [-0.05, 0) is 49.4 Å². The van der Waals surface area contributed by atoms with Crippen LogP contribution in [-0.2, 0) is 6.18 Å². The van der Waals surface area contributed by atoms with Gasteiger partial charge in [-0.25, -0.2) is 4.98 Å². The molecule has 0 aliphatic heterocycles. The number of aromatic nitrogens is 1. The van der Waals surface area contributed by atoms with Crippen molar-refractivity contribution in [2.45, 2.75) is 13.1 Å². The summed E-state index contributed by atoms with van der Waals surface area (Å²) in [7, 11) is 0. The van der Waals surface area contributed by atoms with Crippen LogP contribution in [0.3, 0.4) is 0 Å². The van der Waals surface area contributed by atoms with Gasteiger partial charge in [-0.1, -0.05) is 23.8 Å². The number of pyridine rings is 1. The Labute approximate surface area is 169 Å². The summed E-state index contributed by atoms with van der Waals surface area (Å²) in [6.07, 6.45) is -3.15. The molecule has 0 unspecified atom stereocenters. The van der Waals surface area contributed by atoms with E-state index in [9.17, 15) is 22.8 Å². The third kappa shape index (κ3) is 5.13. The van der Waals surface area contributed by atoms with Crippen molar-refractivity contribution < 1.29 is 27.5 Å². The number of hydrazine groups is 1. The van der Waals surface area contributed by atoms with E-state index < -0.39 is 23.6 Å². The lowest BCUT2D eigenvalue weighted by atomic mass is 10.1. The van der Waals surface area contributed by atoms with Crippen molar-refractivity contribution in [2.75, 3.05) is 0 Å². The zero-order chi connectivity index (χ0) is 21.7. The fourth-order valence-electron chi connectivity index (χ4n) is 2.45. The Bertz CT molecular complexity index is 1070. The maximum Gasteiger partial charge on any atom is 0.416 e. The molecule has 0 spiro atoms. The number of hydrogen-bond donors (Lipinski definition) is 2. The number of nitrogens with zero attached hydrogens (tertiary/aromatic N) is 1. The molecule has 0 aliphatic carbocycles. The molecule has 2 amide bonds. The molecule has 1 aromatic heterocycles. The smallest absolute Gasteiger partial charge is 0.416 e. The predicted molar refractivity (Wildman–Crippen MR) is 102 cm³/mol. The van der Waals surface area contributed by atoms with Crippen molar-refractivity contribution in [3.05, 3.63) is 89.1 Å². The number of carbonyl (C=O) groups excluding carboxylic acids is 2. The molecule has 0 aliphatic rings. The second kappa shape index (κ2) is 8.64. The average molecular weight is 415 g/mol. The van der Waals surface area contributed by atoms with Crippen molar-refractivity contribution >= 4 is 11.8 Å². The summed E-state index contributed by atoms with van der Waals surface area (Å²) in [5, 5.41) is 0. The zero-order valence-corrected chi connectivity index (χ0v) is 15.7. The molecule has 1 heterocycles. The van der Waals surface area contributed by atoms with Crippen molar-refractivity contribution in [3.63, 3.8) is 0 Å². The van der Waals surface area contributed by atoms with E-state index in [0.717, 1.165) is 17.7 Å². The third-order valence-corrected chi connectivity index (χ3v) is 3.99. The van der Waals surface area contributed by atoms with E-state index in [1.807, 2.05) is 19.1 Å². The number of ether oxygens (including phenoxy) is 1. The molecule has 3 aromatic rings.